The minimum absolute atomic E-state index is 0.0746. The van der Waals surface area contributed by atoms with E-state index in [2.05, 4.69) is 4.37 Å². The van der Waals surface area contributed by atoms with E-state index in [4.69, 9.17) is 11.6 Å². The Morgan fingerprint density at radius 2 is 1.88 bits per heavy atom. The van der Waals surface area contributed by atoms with Gasteiger partial charge in [-0.05, 0) is 11.5 Å². The molecule has 9 heteroatoms. The lowest BCUT2D eigenvalue weighted by molar-refractivity contribution is -0.393. The first-order valence-corrected chi connectivity index (χ1v) is 5.09. The van der Waals surface area contributed by atoms with E-state index in [0.717, 1.165) is 17.6 Å². The van der Waals surface area contributed by atoms with Gasteiger partial charge in [-0.25, -0.2) is 0 Å². The molecule has 1 aromatic carbocycles. The van der Waals surface area contributed by atoms with E-state index in [1.54, 1.807) is 0 Å². The van der Waals surface area contributed by atoms with Gasteiger partial charge in [-0.15, -0.1) is 0 Å². The van der Waals surface area contributed by atoms with Crippen molar-refractivity contribution in [1.82, 2.24) is 4.37 Å². The predicted molar refractivity (Wildman–Crippen MR) is 57.9 cm³/mol. The standard InChI is InChI=1S/C7H2ClN3O4S/c8-6-3-2-16-9-7(3)5(11(14)15)1-4(6)10(12)13/h1-2H. The van der Waals surface area contributed by atoms with Crippen LogP contribution < -0.4 is 0 Å². The number of hydrogen-bond donors (Lipinski definition) is 0. The molecule has 1 aromatic heterocycles. The van der Waals surface area contributed by atoms with Crippen molar-refractivity contribution < 1.29 is 9.85 Å². The summed E-state index contributed by atoms with van der Waals surface area (Å²) in [5, 5.41) is 22.9. The van der Waals surface area contributed by atoms with Crippen molar-refractivity contribution in [2.75, 3.05) is 0 Å². The summed E-state index contributed by atoms with van der Waals surface area (Å²) < 4.78 is 3.79. The molecule has 0 bridgehead atoms. The van der Waals surface area contributed by atoms with E-state index in [9.17, 15) is 20.2 Å². The molecule has 0 radical (unpaired) electrons. The monoisotopic (exact) mass is 259 g/mol. The molecule has 1 heterocycles. The molecular weight excluding hydrogens is 258 g/mol. The molecule has 0 aliphatic carbocycles. The molecule has 0 N–H and O–H groups in total. The molecule has 0 atom stereocenters. The molecule has 2 aromatic rings. The Labute approximate surface area is 96.7 Å². The van der Waals surface area contributed by atoms with Crippen LogP contribution in [0.25, 0.3) is 10.9 Å². The number of aromatic nitrogens is 1. The second kappa shape index (κ2) is 3.65. The van der Waals surface area contributed by atoms with Crippen molar-refractivity contribution in [1.29, 1.82) is 0 Å². The Morgan fingerprint density at radius 3 is 2.44 bits per heavy atom. The zero-order valence-corrected chi connectivity index (χ0v) is 8.99. The smallest absolute Gasteiger partial charge is 0.258 e. The van der Waals surface area contributed by atoms with Crippen molar-refractivity contribution in [3.63, 3.8) is 0 Å². The summed E-state index contributed by atoms with van der Waals surface area (Å²) >= 11 is 6.71. The molecule has 16 heavy (non-hydrogen) atoms. The van der Waals surface area contributed by atoms with Crippen LogP contribution in [0.3, 0.4) is 0 Å². The fourth-order valence-corrected chi connectivity index (χ4v) is 2.27. The number of nitrogens with zero attached hydrogens (tertiary/aromatic N) is 3. The highest BCUT2D eigenvalue weighted by atomic mass is 35.5. The first kappa shape index (κ1) is 10.7. The van der Waals surface area contributed by atoms with E-state index in [0.29, 0.717) is 0 Å². The zero-order chi connectivity index (χ0) is 11.9. The van der Waals surface area contributed by atoms with Gasteiger partial charge in [-0.2, -0.15) is 4.37 Å². The topological polar surface area (TPSA) is 99.2 Å². The average molecular weight is 260 g/mol. The van der Waals surface area contributed by atoms with Crippen molar-refractivity contribution in [3.05, 3.63) is 36.7 Å². The second-order valence-electron chi connectivity index (χ2n) is 2.82. The lowest BCUT2D eigenvalue weighted by Gasteiger charge is -1.97. The summed E-state index contributed by atoms with van der Waals surface area (Å²) in [6, 6.07) is 0.824. The van der Waals surface area contributed by atoms with Crippen LogP contribution in [-0.2, 0) is 0 Å². The van der Waals surface area contributed by atoms with E-state index >= 15 is 0 Å². The van der Waals surface area contributed by atoms with Crippen molar-refractivity contribution in [2.45, 2.75) is 0 Å². The maximum Gasteiger partial charge on any atom is 0.303 e. The summed E-state index contributed by atoms with van der Waals surface area (Å²) in [5.41, 5.74) is -0.820. The molecule has 0 saturated heterocycles. The Balaban J connectivity index is 2.90. The van der Waals surface area contributed by atoms with Gasteiger partial charge in [0.25, 0.3) is 5.69 Å². The molecule has 0 spiro atoms. The molecule has 0 aliphatic rings. The Hall–Kier alpha value is -1.80. The number of nitro groups is 2. The van der Waals surface area contributed by atoms with Gasteiger partial charge in [0.15, 0.2) is 5.52 Å². The quantitative estimate of drug-likeness (QED) is 0.610. The third-order valence-corrected chi connectivity index (χ3v) is 2.97. The maximum atomic E-state index is 10.7. The van der Waals surface area contributed by atoms with Crippen LogP contribution in [-0.4, -0.2) is 14.2 Å². The fourth-order valence-electron chi connectivity index (χ4n) is 1.25. The highest BCUT2D eigenvalue weighted by Gasteiger charge is 2.25. The van der Waals surface area contributed by atoms with E-state index in [-0.39, 0.29) is 15.9 Å². The summed E-state index contributed by atoms with van der Waals surface area (Å²) in [7, 11) is 0. The van der Waals surface area contributed by atoms with Crippen molar-refractivity contribution >= 4 is 45.4 Å². The average Bonchev–Trinajstić information content (AvgIpc) is 2.66. The minimum atomic E-state index is -0.757. The van der Waals surface area contributed by atoms with Crippen LogP contribution in [0.1, 0.15) is 0 Å². The largest absolute Gasteiger partial charge is 0.303 e. The highest BCUT2D eigenvalue weighted by Crippen LogP contribution is 2.38. The van der Waals surface area contributed by atoms with E-state index in [1.807, 2.05) is 0 Å². The van der Waals surface area contributed by atoms with Gasteiger partial charge in [0, 0.05) is 10.8 Å². The van der Waals surface area contributed by atoms with Crippen LogP contribution in [0.2, 0.25) is 5.02 Å². The molecular formula is C7H2ClN3O4S. The van der Waals surface area contributed by atoms with Crippen LogP contribution >= 0.6 is 23.1 Å². The van der Waals surface area contributed by atoms with Crippen LogP contribution in [0.5, 0.6) is 0 Å². The molecule has 82 valence electrons. The number of fused-ring (bicyclic) bond motifs is 1. The predicted octanol–water partition coefficient (Wildman–Crippen LogP) is 2.77. The lowest BCUT2D eigenvalue weighted by Crippen LogP contribution is -1.94. The summed E-state index contributed by atoms with van der Waals surface area (Å²) in [6.07, 6.45) is 0. The van der Waals surface area contributed by atoms with Crippen molar-refractivity contribution in [3.8, 4) is 0 Å². The van der Waals surface area contributed by atoms with Crippen LogP contribution in [0.4, 0.5) is 11.4 Å². The molecule has 0 amide bonds. The third kappa shape index (κ3) is 1.48. The Bertz CT molecular complexity index is 611. The number of nitro benzene ring substituents is 2. The summed E-state index contributed by atoms with van der Waals surface area (Å²) in [4.78, 5) is 19.9. The molecule has 7 nitrogen and oxygen atoms in total. The normalized spacial score (nSPS) is 10.6. The van der Waals surface area contributed by atoms with Gasteiger partial charge < -0.3 is 0 Å². The number of rotatable bonds is 2. The maximum absolute atomic E-state index is 10.7. The summed E-state index contributed by atoms with van der Waals surface area (Å²) in [5.74, 6) is 0. The zero-order valence-electron chi connectivity index (χ0n) is 7.42. The molecule has 2 rings (SSSR count). The molecule has 0 aliphatic heterocycles. The van der Waals surface area contributed by atoms with Crippen LogP contribution in [0.15, 0.2) is 11.4 Å². The second-order valence-corrected chi connectivity index (χ2v) is 3.83. The molecule has 0 fully saturated rings. The lowest BCUT2D eigenvalue weighted by atomic mass is 10.2. The van der Waals surface area contributed by atoms with E-state index in [1.165, 1.54) is 5.38 Å². The third-order valence-electron chi connectivity index (χ3n) is 1.94. The van der Waals surface area contributed by atoms with Gasteiger partial charge in [0.1, 0.15) is 5.02 Å². The van der Waals surface area contributed by atoms with Gasteiger partial charge in [0.2, 0.25) is 0 Å². The molecule has 0 unspecified atom stereocenters. The van der Waals surface area contributed by atoms with Gasteiger partial charge >= 0.3 is 5.69 Å². The highest BCUT2D eigenvalue weighted by molar-refractivity contribution is 7.05. The van der Waals surface area contributed by atoms with Gasteiger partial charge in [-0.1, -0.05) is 11.6 Å². The van der Waals surface area contributed by atoms with Crippen molar-refractivity contribution in [2.24, 2.45) is 0 Å². The fraction of sp³-hybridized carbons (Fsp3) is 0. The number of benzene rings is 1. The first-order chi connectivity index (χ1) is 7.52. The number of non-ortho nitro benzene ring substituents is 1. The van der Waals surface area contributed by atoms with Gasteiger partial charge in [0.05, 0.1) is 15.9 Å². The van der Waals surface area contributed by atoms with Gasteiger partial charge in [-0.3, -0.25) is 20.2 Å². The van der Waals surface area contributed by atoms with E-state index < -0.39 is 21.2 Å². The molecule has 0 saturated carbocycles. The Morgan fingerprint density at radius 1 is 1.25 bits per heavy atom. The SMILES string of the molecule is O=[N+]([O-])c1cc([N+](=O)[O-])c2nscc2c1Cl. The van der Waals surface area contributed by atoms with Crippen LogP contribution in [0, 0.1) is 20.2 Å². The number of halogens is 1. The number of hydrogen-bond acceptors (Lipinski definition) is 6. The Kier molecular flexibility index (Phi) is 2.44. The summed E-state index contributed by atoms with van der Waals surface area (Å²) in [6.45, 7) is 0. The first-order valence-electron chi connectivity index (χ1n) is 3.87. The minimum Gasteiger partial charge on any atom is -0.258 e.